The summed E-state index contributed by atoms with van der Waals surface area (Å²) in [4.78, 5) is 14.5. The van der Waals surface area contributed by atoms with Gasteiger partial charge in [-0.05, 0) is 62.1 Å². The molecule has 0 bridgehead atoms. The van der Waals surface area contributed by atoms with E-state index in [9.17, 15) is 8.42 Å². The molecule has 1 aliphatic rings. The van der Waals surface area contributed by atoms with Crippen LogP contribution in [-0.2, 0) is 10.0 Å². The Labute approximate surface area is 196 Å². The highest BCUT2D eigenvalue weighted by Crippen LogP contribution is 2.33. The van der Waals surface area contributed by atoms with Gasteiger partial charge in [0.25, 0.3) is 0 Å². The fourth-order valence-corrected chi connectivity index (χ4v) is 6.27. The molecule has 8 nitrogen and oxygen atoms in total. The molecule has 0 saturated carbocycles. The van der Waals surface area contributed by atoms with Crippen molar-refractivity contribution in [3.05, 3.63) is 59.9 Å². The van der Waals surface area contributed by atoms with Crippen LogP contribution in [0, 0.1) is 13.8 Å². The number of aryl methyl sites for hydroxylation is 2. The number of para-hydroxylation sites is 1. The first-order chi connectivity index (χ1) is 15.9. The van der Waals surface area contributed by atoms with Gasteiger partial charge in [0.2, 0.25) is 10.0 Å². The molecule has 4 aromatic rings. The standard InChI is InChI=1S/C23H24N6O2S2/c1-15-6-5-7-16(2)19(15)27-23-28-20-21(24-14-25-22(20)32-23)26-17-8-10-18(11-9-17)33(30,31)29-12-3-4-13-29/h5-11,14H,3-4,12-13H2,1-2H3,(H,27,28)(H,24,25,26). The lowest BCUT2D eigenvalue weighted by Gasteiger charge is -2.15. The van der Waals surface area contributed by atoms with Gasteiger partial charge in [-0.1, -0.05) is 29.5 Å². The molecule has 2 N–H and O–H groups in total. The van der Waals surface area contributed by atoms with Crippen LogP contribution in [0.5, 0.6) is 0 Å². The van der Waals surface area contributed by atoms with Gasteiger partial charge < -0.3 is 10.6 Å². The van der Waals surface area contributed by atoms with Crippen LogP contribution in [0.2, 0.25) is 0 Å². The van der Waals surface area contributed by atoms with Crippen molar-refractivity contribution in [1.29, 1.82) is 0 Å². The van der Waals surface area contributed by atoms with E-state index in [1.165, 1.54) is 17.7 Å². The van der Waals surface area contributed by atoms with E-state index < -0.39 is 10.0 Å². The van der Waals surface area contributed by atoms with Crippen molar-refractivity contribution in [3.8, 4) is 0 Å². The maximum atomic E-state index is 12.7. The molecule has 1 fully saturated rings. The van der Waals surface area contributed by atoms with Gasteiger partial charge in [0.05, 0.1) is 4.90 Å². The second kappa shape index (κ2) is 8.69. The third-order valence-electron chi connectivity index (χ3n) is 5.73. The monoisotopic (exact) mass is 480 g/mol. The van der Waals surface area contributed by atoms with Crippen molar-refractivity contribution in [2.75, 3.05) is 23.7 Å². The van der Waals surface area contributed by atoms with Crippen molar-refractivity contribution < 1.29 is 8.42 Å². The van der Waals surface area contributed by atoms with E-state index in [4.69, 9.17) is 4.98 Å². The third-order valence-corrected chi connectivity index (χ3v) is 8.52. The number of rotatable bonds is 6. The molecular formula is C23H24N6O2S2. The molecule has 0 aliphatic carbocycles. The molecule has 1 saturated heterocycles. The van der Waals surface area contributed by atoms with Crippen LogP contribution in [0.15, 0.2) is 53.7 Å². The minimum absolute atomic E-state index is 0.302. The van der Waals surface area contributed by atoms with Crippen LogP contribution in [-0.4, -0.2) is 40.8 Å². The topological polar surface area (TPSA) is 100 Å². The van der Waals surface area contributed by atoms with Crippen molar-refractivity contribution in [2.45, 2.75) is 31.6 Å². The largest absolute Gasteiger partial charge is 0.338 e. The Hall–Kier alpha value is -3.08. The SMILES string of the molecule is Cc1cccc(C)c1Nc1nc2c(Nc3ccc(S(=O)(=O)N4CCCC4)cc3)ncnc2s1. The molecule has 5 rings (SSSR count). The number of nitrogens with zero attached hydrogens (tertiary/aromatic N) is 4. The van der Waals surface area contributed by atoms with Gasteiger partial charge in [0, 0.05) is 24.5 Å². The molecule has 0 atom stereocenters. The van der Waals surface area contributed by atoms with E-state index in [-0.39, 0.29) is 0 Å². The Bertz CT molecular complexity index is 1390. The normalized spacial score (nSPS) is 14.6. The second-order valence-electron chi connectivity index (χ2n) is 8.05. The molecule has 33 heavy (non-hydrogen) atoms. The predicted octanol–water partition coefficient (Wildman–Crippen LogP) is 4.97. The minimum Gasteiger partial charge on any atom is -0.338 e. The summed E-state index contributed by atoms with van der Waals surface area (Å²) in [5, 5.41) is 7.40. The van der Waals surface area contributed by atoms with E-state index >= 15 is 0 Å². The maximum Gasteiger partial charge on any atom is 0.243 e. The van der Waals surface area contributed by atoms with Crippen LogP contribution in [0.1, 0.15) is 24.0 Å². The Morgan fingerprint density at radius 1 is 0.939 bits per heavy atom. The van der Waals surface area contributed by atoms with Gasteiger partial charge >= 0.3 is 0 Å². The van der Waals surface area contributed by atoms with E-state index in [0.717, 1.165) is 45.3 Å². The van der Waals surface area contributed by atoms with Crippen LogP contribution >= 0.6 is 11.3 Å². The number of anilines is 4. The van der Waals surface area contributed by atoms with Crippen molar-refractivity contribution >= 4 is 54.0 Å². The van der Waals surface area contributed by atoms with Crippen LogP contribution in [0.25, 0.3) is 10.3 Å². The average molecular weight is 481 g/mol. The zero-order chi connectivity index (χ0) is 23.0. The lowest BCUT2D eigenvalue weighted by Crippen LogP contribution is -2.27. The molecule has 2 aromatic carbocycles. The van der Waals surface area contributed by atoms with Gasteiger partial charge in [-0.2, -0.15) is 4.31 Å². The van der Waals surface area contributed by atoms with Gasteiger partial charge in [0.15, 0.2) is 15.8 Å². The summed E-state index contributed by atoms with van der Waals surface area (Å²) >= 11 is 1.46. The molecule has 2 aromatic heterocycles. The van der Waals surface area contributed by atoms with Crippen LogP contribution < -0.4 is 10.6 Å². The highest BCUT2D eigenvalue weighted by atomic mass is 32.2. The highest BCUT2D eigenvalue weighted by molar-refractivity contribution is 7.89. The summed E-state index contributed by atoms with van der Waals surface area (Å²) in [6, 6.07) is 12.9. The molecule has 3 heterocycles. The Morgan fingerprint density at radius 3 is 2.33 bits per heavy atom. The Balaban J connectivity index is 1.39. The van der Waals surface area contributed by atoms with Crippen molar-refractivity contribution in [2.24, 2.45) is 0 Å². The Kier molecular flexibility index (Phi) is 5.73. The first-order valence-corrected chi connectivity index (χ1v) is 13.0. The van der Waals surface area contributed by atoms with Crippen molar-refractivity contribution in [1.82, 2.24) is 19.3 Å². The number of aromatic nitrogens is 3. The fourth-order valence-electron chi connectivity index (χ4n) is 3.94. The number of hydrogen-bond donors (Lipinski definition) is 2. The molecule has 0 spiro atoms. The fraction of sp³-hybridized carbons (Fsp3) is 0.261. The van der Waals surface area contributed by atoms with Crippen LogP contribution in [0.4, 0.5) is 22.3 Å². The summed E-state index contributed by atoms with van der Waals surface area (Å²) in [6.07, 6.45) is 3.32. The predicted molar refractivity (Wildman–Crippen MR) is 132 cm³/mol. The summed E-state index contributed by atoms with van der Waals surface area (Å²) in [7, 11) is -3.44. The molecular weight excluding hydrogens is 456 g/mol. The number of thiazole rings is 1. The van der Waals surface area contributed by atoms with E-state index in [1.54, 1.807) is 28.6 Å². The number of sulfonamides is 1. The number of benzene rings is 2. The Morgan fingerprint density at radius 2 is 1.64 bits per heavy atom. The second-order valence-corrected chi connectivity index (χ2v) is 11.0. The minimum atomic E-state index is -3.44. The zero-order valence-electron chi connectivity index (χ0n) is 18.4. The van der Waals surface area contributed by atoms with Gasteiger partial charge in [-0.15, -0.1) is 0 Å². The first-order valence-electron chi connectivity index (χ1n) is 10.7. The molecule has 170 valence electrons. The summed E-state index contributed by atoms with van der Waals surface area (Å²) in [6.45, 7) is 5.29. The van der Waals surface area contributed by atoms with Crippen LogP contribution in [0.3, 0.4) is 0 Å². The van der Waals surface area contributed by atoms with Gasteiger partial charge in [-0.25, -0.2) is 23.4 Å². The molecule has 0 radical (unpaired) electrons. The lowest BCUT2D eigenvalue weighted by molar-refractivity contribution is 0.477. The molecule has 0 unspecified atom stereocenters. The highest BCUT2D eigenvalue weighted by Gasteiger charge is 2.27. The molecule has 0 amide bonds. The van der Waals surface area contributed by atoms with E-state index in [2.05, 4.69) is 46.6 Å². The summed E-state index contributed by atoms with van der Waals surface area (Å²) in [5.74, 6) is 0.570. The zero-order valence-corrected chi connectivity index (χ0v) is 20.0. The van der Waals surface area contributed by atoms with E-state index in [1.807, 2.05) is 6.07 Å². The van der Waals surface area contributed by atoms with Gasteiger partial charge in [0.1, 0.15) is 11.8 Å². The smallest absolute Gasteiger partial charge is 0.243 e. The van der Waals surface area contributed by atoms with Gasteiger partial charge in [-0.3, -0.25) is 0 Å². The van der Waals surface area contributed by atoms with Crippen molar-refractivity contribution in [3.63, 3.8) is 0 Å². The number of fused-ring (bicyclic) bond motifs is 1. The molecule has 1 aliphatic heterocycles. The summed E-state index contributed by atoms with van der Waals surface area (Å²) in [5.41, 5.74) is 4.71. The quantitative estimate of drug-likeness (QED) is 0.402. The maximum absolute atomic E-state index is 12.7. The van der Waals surface area contributed by atoms with E-state index in [0.29, 0.717) is 29.3 Å². The average Bonchev–Trinajstić information content (AvgIpc) is 3.48. The molecule has 10 heteroatoms. The first kappa shape index (κ1) is 21.7. The summed E-state index contributed by atoms with van der Waals surface area (Å²) < 4.78 is 27.0. The third kappa shape index (κ3) is 4.29. The number of nitrogens with one attached hydrogen (secondary N) is 2. The number of hydrogen-bond acceptors (Lipinski definition) is 8. The lowest BCUT2D eigenvalue weighted by atomic mass is 10.1.